The van der Waals surface area contributed by atoms with Gasteiger partial charge in [-0.2, -0.15) is 0 Å². The number of nitrogens with two attached hydrogens (primary N) is 1. The maximum atomic E-state index is 5.91. The zero-order chi connectivity index (χ0) is 14.5. The average molecular weight is 282 g/mol. The van der Waals surface area contributed by atoms with E-state index >= 15 is 0 Å². The van der Waals surface area contributed by atoms with Crippen LogP contribution in [0, 0.1) is 11.8 Å². The van der Waals surface area contributed by atoms with E-state index in [4.69, 9.17) is 5.73 Å². The van der Waals surface area contributed by atoms with E-state index in [2.05, 4.69) is 6.92 Å². The van der Waals surface area contributed by atoms with E-state index in [1.807, 2.05) is 0 Å². The van der Waals surface area contributed by atoms with Crippen molar-refractivity contribution in [2.75, 3.05) is 6.54 Å². The molecule has 120 valence electrons. The summed E-state index contributed by atoms with van der Waals surface area (Å²) in [7, 11) is 0. The first-order valence-electron chi connectivity index (χ1n) is 9.58. The molecule has 0 heterocycles. The quantitative estimate of drug-likeness (QED) is 0.432. The third kappa shape index (κ3) is 8.29. The van der Waals surface area contributed by atoms with Gasteiger partial charge in [0.05, 0.1) is 0 Å². The smallest absolute Gasteiger partial charge is 0.00462 e. The van der Waals surface area contributed by atoms with Gasteiger partial charge in [0, 0.05) is 0 Å². The normalized spacial score (nSPS) is 23.1. The Kier molecular flexibility index (Phi) is 11.4. The summed E-state index contributed by atoms with van der Waals surface area (Å²) in [4.78, 5) is 0. The number of hydrogen-bond acceptors (Lipinski definition) is 1. The van der Waals surface area contributed by atoms with E-state index in [1.165, 1.54) is 96.3 Å². The molecule has 1 aliphatic rings. The molecule has 0 saturated heterocycles. The monoisotopic (exact) mass is 281 g/mol. The van der Waals surface area contributed by atoms with Crippen molar-refractivity contribution in [2.24, 2.45) is 17.6 Å². The Hall–Kier alpha value is -0.0400. The van der Waals surface area contributed by atoms with Gasteiger partial charge in [0.15, 0.2) is 0 Å². The average Bonchev–Trinajstić information content (AvgIpc) is 2.49. The van der Waals surface area contributed by atoms with E-state index in [0.717, 1.165) is 18.4 Å². The van der Waals surface area contributed by atoms with Crippen LogP contribution in [0.2, 0.25) is 0 Å². The fourth-order valence-corrected chi connectivity index (χ4v) is 3.87. The van der Waals surface area contributed by atoms with Crippen LogP contribution in [0.4, 0.5) is 0 Å². The predicted molar refractivity (Wildman–Crippen MR) is 91.0 cm³/mol. The molecule has 0 aliphatic heterocycles. The minimum absolute atomic E-state index is 0.849. The van der Waals surface area contributed by atoms with Crippen LogP contribution < -0.4 is 5.73 Å². The van der Waals surface area contributed by atoms with Crippen LogP contribution in [-0.2, 0) is 0 Å². The molecule has 0 bridgehead atoms. The van der Waals surface area contributed by atoms with Crippen LogP contribution >= 0.6 is 0 Å². The van der Waals surface area contributed by atoms with Gasteiger partial charge in [-0.1, -0.05) is 96.8 Å². The minimum atomic E-state index is 0.849. The molecule has 0 spiro atoms. The molecule has 2 unspecified atom stereocenters. The van der Waals surface area contributed by atoms with Crippen molar-refractivity contribution in [3.63, 3.8) is 0 Å². The Morgan fingerprint density at radius 1 is 0.700 bits per heavy atom. The lowest BCUT2D eigenvalue weighted by molar-refractivity contribution is 0.224. The van der Waals surface area contributed by atoms with Crippen molar-refractivity contribution >= 4 is 0 Å². The second-order valence-corrected chi connectivity index (χ2v) is 7.01. The first kappa shape index (κ1) is 18.0. The molecule has 1 fully saturated rings. The van der Waals surface area contributed by atoms with Crippen molar-refractivity contribution in [1.29, 1.82) is 0 Å². The highest BCUT2D eigenvalue weighted by molar-refractivity contribution is 4.75. The molecule has 1 heteroatoms. The van der Waals surface area contributed by atoms with Gasteiger partial charge in [-0.05, 0) is 24.8 Å². The Morgan fingerprint density at radius 3 is 1.75 bits per heavy atom. The van der Waals surface area contributed by atoms with E-state index < -0.39 is 0 Å². The number of hydrogen-bond donors (Lipinski definition) is 1. The summed E-state index contributed by atoms with van der Waals surface area (Å²) in [6, 6.07) is 0. The third-order valence-electron chi connectivity index (χ3n) is 5.30. The van der Waals surface area contributed by atoms with Gasteiger partial charge < -0.3 is 5.73 Å². The molecule has 2 atom stereocenters. The third-order valence-corrected chi connectivity index (χ3v) is 5.30. The van der Waals surface area contributed by atoms with Crippen LogP contribution in [0.15, 0.2) is 0 Å². The first-order chi connectivity index (χ1) is 9.88. The van der Waals surface area contributed by atoms with Crippen molar-refractivity contribution in [3.05, 3.63) is 0 Å². The molecule has 0 aromatic heterocycles. The molecule has 1 saturated carbocycles. The number of rotatable bonds is 12. The summed E-state index contributed by atoms with van der Waals surface area (Å²) < 4.78 is 0. The highest BCUT2D eigenvalue weighted by Gasteiger charge is 2.22. The van der Waals surface area contributed by atoms with Gasteiger partial charge in [-0.15, -0.1) is 0 Å². The first-order valence-corrected chi connectivity index (χ1v) is 9.58. The second-order valence-electron chi connectivity index (χ2n) is 7.01. The van der Waals surface area contributed by atoms with Gasteiger partial charge >= 0.3 is 0 Å². The Bertz CT molecular complexity index is 202. The molecule has 0 aromatic carbocycles. The number of unbranched alkanes of at least 4 members (excludes halogenated alkanes) is 9. The second kappa shape index (κ2) is 12.7. The van der Waals surface area contributed by atoms with Gasteiger partial charge in [0.1, 0.15) is 0 Å². The summed E-state index contributed by atoms with van der Waals surface area (Å²) in [6.07, 6.45) is 21.7. The van der Waals surface area contributed by atoms with E-state index in [-0.39, 0.29) is 0 Å². The van der Waals surface area contributed by atoms with Crippen molar-refractivity contribution < 1.29 is 0 Å². The Labute approximate surface area is 128 Å². The fraction of sp³-hybridized carbons (Fsp3) is 1.00. The maximum Gasteiger partial charge on any atom is -0.00462 e. The van der Waals surface area contributed by atoms with E-state index in [1.54, 1.807) is 0 Å². The van der Waals surface area contributed by atoms with Crippen LogP contribution in [0.1, 0.15) is 103 Å². The summed E-state index contributed by atoms with van der Waals surface area (Å²) in [6.45, 7) is 3.23. The van der Waals surface area contributed by atoms with Gasteiger partial charge in [-0.3, -0.25) is 0 Å². The lowest BCUT2D eigenvalue weighted by Crippen LogP contribution is -2.26. The van der Waals surface area contributed by atoms with Crippen LogP contribution in [0.5, 0.6) is 0 Å². The largest absolute Gasteiger partial charge is 0.330 e. The van der Waals surface area contributed by atoms with Crippen molar-refractivity contribution in [2.45, 2.75) is 103 Å². The Morgan fingerprint density at radius 2 is 1.20 bits per heavy atom. The van der Waals surface area contributed by atoms with Crippen molar-refractivity contribution in [1.82, 2.24) is 0 Å². The summed E-state index contributed by atoms with van der Waals surface area (Å²) in [5.41, 5.74) is 5.91. The molecule has 20 heavy (non-hydrogen) atoms. The van der Waals surface area contributed by atoms with E-state index in [9.17, 15) is 0 Å². The molecule has 0 amide bonds. The summed E-state index contributed by atoms with van der Waals surface area (Å²) in [5.74, 6) is 1.81. The van der Waals surface area contributed by atoms with Gasteiger partial charge in [0.2, 0.25) is 0 Å². The highest BCUT2D eigenvalue weighted by Crippen LogP contribution is 2.33. The van der Waals surface area contributed by atoms with Crippen LogP contribution in [0.3, 0.4) is 0 Å². The molecular weight excluding hydrogens is 242 g/mol. The lowest BCUT2D eigenvalue weighted by Gasteiger charge is -2.30. The van der Waals surface area contributed by atoms with Crippen LogP contribution in [-0.4, -0.2) is 6.54 Å². The molecule has 0 radical (unpaired) electrons. The van der Waals surface area contributed by atoms with Gasteiger partial charge in [-0.25, -0.2) is 0 Å². The standard InChI is InChI=1S/C19H39N/c1-2-3-4-5-6-7-8-9-10-11-14-18-15-12-13-16-19(18)17-20/h18-19H,2-17,20H2,1H3. The summed E-state index contributed by atoms with van der Waals surface area (Å²) in [5, 5.41) is 0. The van der Waals surface area contributed by atoms with Crippen molar-refractivity contribution in [3.8, 4) is 0 Å². The molecule has 1 nitrogen and oxygen atoms in total. The Balaban J connectivity index is 1.86. The SMILES string of the molecule is CCCCCCCCCCCCC1CCCCC1CN. The summed E-state index contributed by atoms with van der Waals surface area (Å²) >= 11 is 0. The van der Waals surface area contributed by atoms with Gasteiger partial charge in [0.25, 0.3) is 0 Å². The molecule has 1 aliphatic carbocycles. The van der Waals surface area contributed by atoms with E-state index in [0.29, 0.717) is 0 Å². The molecule has 1 rings (SSSR count). The fourth-order valence-electron chi connectivity index (χ4n) is 3.87. The predicted octanol–water partition coefficient (Wildman–Crippen LogP) is 6.06. The zero-order valence-electron chi connectivity index (χ0n) is 14.0. The zero-order valence-corrected chi connectivity index (χ0v) is 14.0. The minimum Gasteiger partial charge on any atom is -0.330 e. The molecular formula is C19H39N. The highest BCUT2D eigenvalue weighted by atomic mass is 14.6. The topological polar surface area (TPSA) is 26.0 Å². The molecule has 2 N–H and O–H groups in total. The lowest BCUT2D eigenvalue weighted by atomic mass is 9.76. The van der Waals surface area contributed by atoms with Crippen LogP contribution in [0.25, 0.3) is 0 Å². The molecule has 0 aromatic rings. The maximum absolute atomic E-state index is 5.91.